The third-order valence-corrected chi connectivity index (χ3v) is 4.22. The van der Waals surface area contributed by atoms with Gasteiger partial charge in [0.15, 0.2) is 5.69 Å². The zero-order valence-corrected chi connectivity index (χ0v) is 15.3. The van der Waals surface area contributed by atoms with Crippen LogP contribution in [-0.4, -0.2) is 28.0 Å². The molecule has 0 saturated heterocycles. The SMILES string of the molecule is COc1ccc(OCc2c(F)cccc2F)c(Cn2nc(C(=O)O)cc2C)c1. The fraction of sp³-hybridized carbons (Fsp3) is 0.200. The monoisotopic (exact) mass is 388 g/mol. The zero-order chi connectivity index (χ0) is 20.3. The van der Waals surface area contributed by atoms with Gasteiger partial charge >= 0.3 is 5.97 Å². The fourth-order valence-corrected chi connectivity index (χ4v) is 2.70. The molecule has 2 aromatic carbocycles. The number of aromatic nitrogens is 2. The second kappa shape index (κ2) is 8.08. The Hall–Kier alpha value is -3.42. The lowest BCUT2D eigenvalue weighted by molar-refractivity contribution is 0.0689. The van der Waals surface area contributed by atoms with Gasteiger partial charge in [-0.3, -0.25) is 4.68 Å². The van der Waals surface area contributed by atoms with Gasteiger partial charge in [-0.15, -0.1) is 0 Å². The van der Waals surface area contributed by atoms with Crippen LogP contribution < -0.4 is 9.47 Å². The molecular weight excluding hydrogens is 370 g/mol. The fourth-order valence-electron chi connectivity index (χ4n) is 2.70. The molecule has 0 unspecified atom stereocenters. The molecule has 28 heavy (non-hydrogen) atoms. The van der Waals surface area contributed by atoms with Crippen LogP contribution >= 0.6 is 0 Å². The van der Waals surface area contributed by atoms with E-state index >= 15 is 0 Å². The highest BCUT2D eigenvalue weighted by Crippen LogP contribution is 2.27. The summed E-state index contributed by atoms with van der Waals surface area (Å²) in [5.41, 5.74) is 1.02. The number of methoxy groups -OCH3 is 1. The van der Waals surface area contributed by atoms with E-state index < -0.39 is 17.6 Å². The maximum Gasteiger partial charge on any atom is 0.356 e. The molecule has 146 valence electrons. The van der Waals surface area contributed by atoms with Gasteiger partial charge in [0.1, 0.15) is 29.7 Å². The molecule has 0 atom stereocenters. The van der Waals surface area contributed by atoms with Gasteiger partial charge in [-0.2, -0.15) is 5.10 Å². The van der Waals surface area contributed by atoms with Crippen molar-refractivity contribution in [3.05, 3.63) is 76.6 Å². The maximum absolute atomic E-state index is 13.8. The minimum Gasteiger partial charge on any atom is -0.497 e. The van der Waals surface area contributed by atoms with E-state index in [1.165, 1.54) is 23.9 Å². The van der Waals surface area contributed by atoms with Gasteiger partial charge in [-0.1, -0.05) is 6.07 Å². The van der Waals surface area contributed by atoms with Crippen LogP contribution in [0.2, 0.25) is 0 Å². The minimum absolute atomic E-state index is 0.0729. The Kier molecular flexibility index (Phi) is 5.58. The number of ether oxygens (including phenoxy) is 2. The van der Waals surface area contributed by atoms with Crippen molar-refractivity contribution in [1.29, 1.82) is 0 Å². The molecule has 0 saturated carbocycles. The van der Waals surface area contributed by atoms with Crippen molar-refractivity contribution in [3.8, 4) is 11.5 Å². The molecule has 0 aliphatic heterocycles. The average Bonchev–Trinajstić information content (AvgIpc) is 3.03. The van der Waals surface area contributed by atoms with Gasteiger partial charge in [-0.05, 0) is 43.3 Å². The predicted octanol–water partition coefficient (Wildman–Crippen LogP) is 3.80. The Balaban J connectivity index is 1.89. The molecule has 1 aromatic heterocycles. The number of carboxylic acids is 1. The van der Waals surface area contributed by atoms with E-state index in [9.17, 15) is 13.6 Å². The molecule has 8 heteroatoms. The van der Waals surface area contributed by atoms with Crippen molar-refractivity contribution in [2.75, 3.05) is 7.11 Å². The maximum atomic E-state index is 13.8. The van der Waals surface area contributed by atoms with Crippen molar-refractivity contribution < 1.29 is 28.2 Å². The quantitative estimate of drug-likeness (QED) is 0.666. The number of benzene rings is 2. The van der Waals surface area contributed by atoms with E-state index in [2.05, 4.69) is 5.10 Å². The Morgan fingerprint density at radius 2 is 1.89 bits per heavy atom. The van der Waals surface area contributed by atoms with Gasteiger partial charge in [0.25, 0.3) is 0 Å². The van der Waals surface area contributed by atoms with Crippen LogP contribution in [0.5, 0.6) is 11.5 Å². The molecule has 0 spiro atoms. The van der Waals surface area contributed by atoms with E-state index in [-0.39, 0.29) is 24.4 Å². The van der Waals surface area contributed by atoms with Crippen molar-refractivity contribution in [3.63, 3.8) is 0 Å². The van der Waals surface area contributed by atoms with Gasteiger partial charge < -0.3 is 14.6 Å². The smallest absolute Gasteiger partial charge is 0.356 e. The first-order chi connectivity index (χ1) is 13.4. The molecule has 0 fully saturated rings. The molecule has 0 aliphatic carbocycles. The lowest BCUT2D eigenvalue weighted by Crippen LogP contribution is -2.09. The topological polar surface area (TPSA) is 73.6 Å². The normalized spacial score (nSPS) is 10.7. The Morgan fingerprint density at radius 3 is 2.50 bits per heavy atom. The summed E-state index contributed by atoms with van der Waals surface area (Å²) in [7, 11) is 1.51. The van der Waals surface area contributed by atoms with Gasteiger partial charge in [0, 0.05) is 11.3 Å². The highest BCUT2D eigenvalue weighted by atomic mass is 19.1. The van der Waals surface area contributed by atoms with Gasteiger partial charge in [-0.25, -0.2) is 13.6 Å². The van der Waals surface area contributed by atoms with Crippen LogP contribution in [0.3, 0.4) is 0 Å². The van der Waals surface area contributed by atoms with E-state index in [4.69, 9.17) is 14.6 Å². The van der Waals surface area contributed by atoms with E-state index in [0.29, 0.717) is 22.8 Å². The van der Waals surface area contributed by atoms with Crippen molar-refractivity contribution in [2.45, 2.75) is 20.1 Å². The van der Waals surface area contributed by atoms with E-state index in [1.807, 2.05) is 0 Å². The summed E-state index contributed by atoms with van der Waals surface area (Å²) in [6, 6.07) is 10.1. The van der Waals surface area contributed by atoms with Crippen molar-refractivity contribution >= 4 is 5.97 Å². The highest BCUT2D eigenvalue weighted by Gasteiger charge is 2.15. The number of rotatable bonds is 7. The summed E-state index contributed by atoms with van der Waals surface area (Å²) >= 11 is 0. The lowest BCUT2D eigenvalue weighted by Gasteiger charge is -2.14. The summed E-state index contributed by atoms with van der Waals surface area (Å²) in [6.45, 7) is 1.64. The summed E-state index contributed by atoms with van der Waals surface area (Å²) in [4.78, 5) is 11.1. The number of halogens is 2. The van der Waals surface area contributed by atoms with Crippen LogP contribution in [0.4, 0.5) is 8.78 Å². The van der Waals surface area contributed by atoms with E-state index in [0.717, 1.165) is 12.1 Å². The molecule has 0 radical (unpaired) electrons. The summed E-state index contributed by atoms with van der Waals surface area (Å²) in [6.07, 6.45) is 0. The molecule has 3 aromatic rings. The summed E-state index contributed by atoms with van der Waals surface area (Å²) < 4.78 is 40.1. The third kappa shape index (κ3) is 4.11. The van der Waals surface area contributed by atoms with Crippen LogP contribution in [0, 0.1) is 18.6 Å². The lowest BCUT2D eigenvalue weighted by atomic mass is 10.1. The second-order valence-electron chi connectivity index (χ2n) is 6.10. The van der Waals surface area contributed by atoms with Crippen molar-refractivity contribution in [2.24, 2.45) is 0 Å². The van der Waals surface area contributed by atoms with Gasteiger partial charge in [0.2, 0.25) is 0 Å². The predicted molar refractivity (Wildman–Crippen MR) is 96.7 cm³/mol. The highest BCUT2D eigenvalue weighted by molar-refractivity contribution is 5.85. The minimum atomic E-state index is -1.13. The number of hydrogen-bond acceptors (Lipinski definition) is 4. The van der Waals surface area contributed by atoms with Crippen molar-refractivity contribution in [1.82, 2.24) is 9.78 Å². The van der Waals surface area contributed by atoms with Crippen LogP contribution in [0.25, 0.3) is 0 Å². The number of nitrogens with zero attached hydrogens (tertiary/aromatic N) is 2. The summed E-state index contributed by atoms with van der Waals surface area (Å²) in [5, 5.41) is 13.1. The van der Waals surface area contributed by atoms with E-state index in [1.54, 1.807) is 25.1 Å². The number of hydrogen-bond donors (Lipinski definition) is 1. The molecule has 0 bridgehead atoms. The first kappa shape index (κ1) is 19.3. The Bertz CT molecular complexity index is 997. The first-order valence-electron chi connectivity index (χ1n) is 8.39. The summed E-state index contributed by atoms with van der Waals surface area (Å²) in [5.74, 6) is -1.56. The van der Waals surface area contributed by atoms with Crippen LogP contribution in [0.15, 0.2) is 42.5 Å². The molecule has 1 N–H and O–H groups in total. The van der Waals surface area contributed by atoms with Crippen LogP contribution in [-0.2, 0) is 13.2 Å². The number of carbonyl (C=O) groups is 1. The Morgan fingerprint density at radius 1 is 1.18 bits per heavy atom. The number of aryl methyl sites for hydroxylation is 1. The third-order valence-electron chi connectivity index (χ3n) is 4.22. The molecular formula is C20H18F2N2O4. The largest absolute Gasteiger partial charge is 0.497 e. The Labute approximate surface area is 159 Å². The molecule has 0 amide bonds. The molecule has 1 heterocycles. The zero-order valence-electron chi connectivity index (χ0n) is 15.3. The van der Waals surface area contributed by atoms with Crippen LogP contribution in [0.1, 0.15) is 27.3 Å². The second-order valence-corrected chi connectivity index (χ2v) is 6.10. The number of carboxylic acid groups (broad SMARTS) is 1. The molecule has 0 aliphatic rings. The first-order valence-corrected chi connectivity index (χ1v) is 8.39. The average molecular weight is 388 g/mol. The standard InChI is InChI=1S/C20H18F2N2O4/c1-12-8-18(20(25)26)23-24(12)10-13-9-14(27-2)6-7-19(13)28-11-15-16(21)4-3-5-17(15)22/h3-9H,10-11H2,1-2H3,(H,25,26). The number of aromatic carboxylic acids is 1. The van der Waals surface area contributed by atoms with Gasteiger partial charge in [0.05, 0.1) is 19.2 Å². The molecule has 6 nitrogen and oxygen atoms in total. The molecule has 3 rings (SSSR count).